The number of non-ortho nitro benzene ring substituents is 1. The number of anilines is 1. The maximum absolute atomic E-state index is 10.9. The van der Waals surface area contributed by atoms with Gasteiger partial charge in [-0.2, -0.15) is 5.10 Å². The fraction of sp³-hybridized carbons (Fsp3) is 0.308. The molecule has 0 spiro atoms. The third kappa shape index (κ3) is 2.90. The lowest BCUT2D eigenvalue weighted by Gasteiger charge is -2.11. The van der Waals surface area contributed by atoms with Gasteiger partial charge in [0.25, 0.3) is 5.69 Å². The van der Waals surface area contributed by atoms with Gasteiger partial charge in [0.15, 0.2) is 0 Å². The van der Waals surface area contributed by atoms with Gasteiger partial charge >= 0.3 is 0 Å². The average molecular weight is 260 g/mol. The first-order valence-corrected chi connectivity index (χ1v) is 6.11. The summed E-state index contributed by atoms with van der Waals surface area (Å²) in [6.45, 7) is 5.23. The monoisotopic (exact) mass is 260 g/mol. The lowest BCUT2D eigenvalue weighted by Crippen LogP contribution is -2.08. The van der Waals surface area contributed by atoms with Crippen LogP contribution in [0.2, 0.25) is 0 Å². The third-order valence-electron chi connectivity index (χ3n) is 2.92. The highest BCUT2D eigenvalue weighted by molar-refractivity contribution is 5.56. The molecule has 1 heterocycles. The summed E-state index contributed by atoms with van der Waals surface area (Å²) in [5, 5.41) is 18.3. The summed E-state index contributed by atoms with van der Waals surface area (Å²) in [6.07, 6.45) is 1.72. The van der Waals surface area contributed by atoms with Gasteiger partial charge in [0.1, 0.15) is 0 Å². The van der Waals surface area contributed by atoms with Gasteiger partial charge < -0.3 is 5.32 Å². The van der Waals surface area contributed by atoms with E-state index in [4.69, 9.17) is 0 Å². The zero-order valence-corrected chi connectivity index (χ0v) is 11.0. The minimum absolute atomic E-state index is 0.0986. The third-order valence-corrected chi connectivity index (χ3v) is 2.92. The lowest BCUT2D eigenvalue weighted by molar-refractivity contribution is -0.384. The number of nitro benzene ring substituents is 1. The van der Waals surface area contributed by atoms with Gasteiger partial charge in [0, 0.05) is 41.8 Å². The molecule has 0 saturated carbocycles. The van der Waals surface area contributed by atoms with Crippen LogP contribution >= 0.6 is 0 Å². The molecule has 1 aromatic carbocycles. The van der Waals surface area contributed by atoms with Crippen LogP contribution in [0.1, 0.15) is 18.2 Å². The predicted octanol–water partition coefficient (Wildman–Crippen LogP) is 2.58. The summed E-state index contributed by atoms with van der Waals surface area (Å²) >= 11 is 0. The first-order chi connectivity index (χ1) is 9.11. The molecule has 0 amide bonds. The summed E-state index contributed by atoms with van der Waals surface area (Å²) in [4.78, 5) is 10.5. The fourth-order valence-electron chi connectivity index (χ4n) is 1.91. The molecule has 1 aromatic heterocycles. The molecule has 19 heavy (non-hydrogen) atoms. The number of hydrogen-bond acceptors (Lipinski definition) is 4. The molecule has 0 aliphatic heterocycles. The van der Waals surface area contributed by atoms with Gasteiger partial charge in [0.2, 0.25) is 0 Å². The zero-order chi connectivity index (χ0) is 13.8. The highest BCUT2D eigenvalue weighted by Gasteiger charge is 2.11. The average Bonchev–Trinajstić information content (AvgIpc) is 2.77. The summed E-state index contributed by atoms with van der Waals surface area (Å²) in [6, 6.07) is 6.76. The molecular formula is C13H16N4O2. The molecule has 0 aliphatic carbocycles. The van der Waals surface area contributed by atoms with Crippen LogP contribution in [0.25, 0.3) is 0 Å². The molecule has 0 saturated heterocycles. The minimum Gasteiger partial charge on any atom is -0.385 e. The van der Waals surface area contributed by atoms with E-state index in [-0.39, 0.29) is 10.6 Å². The van der Waals surface area contributed by atoms with Crippen molar-refractivity contribution in [1.29, 1.82) is 0 Å². The molecule has 6 heteroatoms. The van der Waals surface area contributed by atoms with Crippen LogP contribution in [0.4, 0.5) is 11.4 Å². The second-order valence-corrected chi connectivity index (χ2v) is 4.26. The molecule has 6 nitrogen and oxygen atoms in total. The molecule has 1 N–H and O–H groups in total. The van der Waals surface area contributed by atoms with Crippen LogP contribution in [-0.4, -0.2) is 21.2 Å². The van der Waals surface area contributed by atoms with Crippen molar-refractivity contribution in [3.05, 3.63) is 51.8 Å². The van der Waals surface area contributed by atoms with Crippen molar-refractivity contribution in [1.82, 2.24) is 9.78 Å². The van der Waals surface area contributed by atoms with Crippen molar-refractivity contribution < 1.29 is 4.92 Å². The Bertz CT molecular complexity index is 592. The molecule has 100 valence electrons. The standard InChI is InChI=1S/C13H16N4O2/c1-3-14-13-5-4-12(17(18)19)8-11(13)9-16-10(2)6-7-15-16/h4-8,14H,3,9H2,1-2H3. The normalized spacial score (nSPS) is 10.4. The van der Waals surface area contributed by atoms with Crippen molar-refractivity contribution >= 4 is 11.4 Å². The number of nitrogens with zero attached hydrogens (tertiary/aromatic N) is 3. The van der Waals surface area contributed by atoms with E-state index < -0.39 is 0 Å². The van der Waals surface area contributed by atoms with E-state index in [1.54, 1.807) is 18.3 Å². The number of nitrogens with one attached hydrogen (secondary N) is 1. The molecule has 0 aliphatic rings. The molecular weight excluding hydrogens is 244 g/mol. The van der Waals surface area contributed by atoms with Crippen LogP contribution in [0.3, 0.4) is 0 Å². The predicted molar refractivity (Wildman–Crippen MR) is 73.3 cm³/mol. The van der Waals surface area contributed by atoms with Crippen molar-refractivity contribution in [2.24, 2.45) is 0 Å². The Hall–Kier alpha value is -2.37. The van der Waals surface area contributed by atoms with Gasteiger partial charge in [-0.15, -0.1) is 0 Å². The first-order valence-electron chi connectivity index (χ1n) is 6.11. The quantitative estimate of drug-likeness (QED) is 0.662. The minimum atomic E-state index is -0.380. The smallest absolute Gasteiger partial charge is 0.269 e. The number of rotatable bonds is 5. The molecule has 0 unspecified atom stereocenters. The Morgan fingerprint density at radius 3 is 2.79 bits per heavy atom. The zero-order valence-electron chi connectivity index (χ0n) is 11.0. The van der Waals surface area contributed by atoms with Crippen molar-refractivity contribution in [2.75, 3.05) is 11.9 Å². The molecule has 0 fully saturated rings. The van der Waals surface area contributed by atoms with E-state index in [2.05, 4.69) is 10.4 Å². The first kappa shape index (κ1) is 13.1. The SMILES string of the molecule is CCNc1ccc([N+](=O)[O-])cc1Cn1nccc1C. The van der Waals surface area contributed by atoms with E-state index in [0.29, 0.717) is 6.54 Å². The Kier molecular flexibility index (Phi) is 3.79. The maximum atomic E-state index is 10.9. The van der Waals surface area contributed by atoms with Crippen LogP contribution in [0.15, 0.2) is 30.5 Å². The summed E-state index contributed by atoms with van der Waals surface area (Å²) in [7, 11) is 0. The summed E-state index contributed by atoms with van der Waals surface area (Å²) < 4.78 is 1.82. The van der Waals surface area contributed by atoms with Gasteiger partial charge in [-0.1, -0.05) is 0 Å². The van der Waals surface area contributed by atoms with Crippen LogP contribution in [-0.2, 0) is 6.54 Å². The number of nitro groups is 1. The number of aromatic nitrogens is 2. The molecule has 0 radical (unpaired) electrons. The number of hydrogen-bond donors (Lipinski definition) is 1. The Morgan fingerprint density at radius 1 is 1.42 bits per heavy atom. The number of benzene rings is 1. The second kappa shape index (κ2) is 5.51. The van der Waals surface area contributed by atoms with Crippen molar-refractivity contribution in [3.63, 3.8) is 0 Å². The largest absolute Gasteiger partial charge is 0.385 e. The van der Waals surface area contributed by atoms with Crippen LogP contribution in [0, 0.1) is 17.0 Å². The van der Waals surface area contributed by atoms with Gasteiger partial charge in [-0.25, -0.2) is 0 Å². The molecule has 2 aromatic rings. The Balaban J connectivity index is 2.37. The fourth-order valence-corrected chi connectivity index (χ4v) is 1.91. The van der Waals surface area contributed by atoms with Crippen molar-refractivity contribution in [3.8, 4) is 0 Å². The topological polar surface area (TPSA) is 73.0 Å². The highest BCUT2D eigenvalue weighted by Crippen LogP contribution is 2.23. The van der Waals surface area contributed by atoms with Gasteiger partial charge in [0.05, 0.1) is 11.5 Å². The van der Waals surface area contributed by atoms with Crippen LogP contribution < -0.4 is 5.32 Å². The van der Waals surface area contributed by atoms with E-state index >= 15 is 0 Å². The summed E-state index contributed by atoms with van der Waals surface area (Å²) in [5.41, 5.74) is 2.89. The number of aryl methyl sites for hydroxylation is 1. The summed E-state index contributed by atoms with van der Waals surface area (Å²) in [5.74, 6) is 0. The van der Waals surface area contributed by atoms with Crippen molar-refractivity contribution in [2.45, 2.75) is 20.4 Å². The Labute approximate surface area is 111 Å². The Morgan fingerprint density at radius 2 is 2.21 bits per heavy atom. The van der Waals surface area contributed by atoms with E-state index in [9.17, 15) is 10.1 Å². The lowest BCUT2D eigenvalue weighted by atomic mass is 10.1. The maximum Gasteiger partial charge on any atom is 0.269 e. The van der Waals surface area contributed by atoms with E-state index in [1.165, 1.54) is 6.07 Å². The highest BCUT2D eigenvalue weighted by atomic mass is 16.6. The van der Waals surface area contributed by atoms with E-state index in [0.717, 1.165) is 23.5 Å². The van der Waals surface area contributed by atoms with E-state index in [1.807, 2.05) is 24.6 Å². The van der Waals surface area contributed by atoms with Gasteiger partial charge in [-0.05, 0) is 26.0 Å². The molecule has 2 rings (SSSR count). The molecule has 0 atom stereocenters. The molecule has 0 bridgehead atoms. The second-order valence-electron chi connectivity index (χ2n) is 4.26. The van der Waals surface area contributed by atoms with Gasteiger partial charge in [-0.3, -0.25) is 14.8 Å². The van der Waals surface area contributed by atoms with Crippen LogP contribution in [0.5, 0.6) is 0 Å².